The van der Waals surface area contributed by atoms with E-state index in [-0.39, 0.29) is 0 Å². The second-order valence-corrected chi connectivity index (χ2v) is 7.36. The fourth-order valence-corrected chi connectivity index (χ4v) is 3.81. The third-order valence-electron chi connectivity index (χ3n) is 5.36. The summed E-state index contributed by atoms with van der Waals surface area (Å²) in [7, 11) is 0. The minimum Gasteiger partial charge on any atom is -0.478 e. The van der Waals surface area contributed by atoms with Crippen LogP contribution >= 0.6 is 0 Å². The van der Waals surface area contributed by atoms with Crippen LogP contribution in [0.25, 0.3) is 28.1 Å². The molecule has 0 amide bonds. The van der Waals surface area contributed by atoms with Gasteiger partial charge in [0.05, 0.1) is 23.3 Å². The molecule has 0 radical (unpaired) electrons. The Kier molecular flexibility index (Phi) is 5.96. The van der Waals surface area contributed by atoms with Crippen LogP contribution in [0.2, 0.25) is 0 Å². The lowest BCUT2D eigenvalue weighted by Gasteiger charge is -2.17. The number of aromatic amines is 1. The minimum absolute atomic E-state index is 0.625. The van der Waals surface area contributed by atoms with Gasteiger partial charge in [0.15, 0.2) is 0 Å². The van der Waals surface area contributed by atoms with E-state index in [1.54, 1.807) is 6.08 Å². The van der Waals surface area contributed by atoms with Gasteiger partial charge in [0.2, 0.25) is 0 Å². The summed E-state index contributed by atoms with van der Waals surface area (Å²) < 4.78 is 0. The second-order valence-electron chi connectivity index (χ2n) is 7.36. The smallest absolute Gasteiger partial charge is 0.328 e. The molecular weight excluding hydrogens is 398 g/mol. The van der Waals surface area contributed by atoms with Crippen molar-refractivity contribution in [2.24, 2.45) is 0 Å². The van der Waals surface area contributed by atoms with Crippen LogP contribution in [-0.2, 0) is 4.79 Å². The van der Waals surface area contributed by atoms with Crippen molar-refractivity contribution in [1.29, 1.82) is 5.26 Å². The van der Waals surface area contributed by atoms with Gasteiger partial charge in [-0.25, -0.2) is 4.79 Å². The van der Waals surface area contributed by atoms with E-state index in [1.165, 1.54) is 0 Å². The first-order valence-corrected chi connectivity index (χ1v) is 10.3. The molecule has 1 heterocycles. The van der Waals surface area contributed by atoms with Gasteiger partial charge < -0.3 is 5.11 Å². The fraction of sp³-hybridized carbons (Fsp3) is 0.0741. The molecule has 0 fully saturated rings. The maximum Gasteiger partial charge on any atom is 0.328 e. The van der Waals surface area contributed by atoms with E-state index < -0.39 is 5.97 Å². The van der Waals surface area contributed by atoms with Gasteiger partial charge >= 0.3 is 5.97 Å². The predicted molar refractivity (Wildman–Crippen MR) is 127 cm³/mol. The van der Waals surface area contributed by atoms with Crippen LogP contribution in [0.15, 0.2) is 79.0 Å². The van der Waals surface area contributed by atoms with Gasteiger partial charge in [0, 0.05) is 11.5 Å². The number of fused-ring (bicyclic) bond motifs is 1. The molecule has 0 bridgehead atoms. The number of nitrogens with one attached hydrogen (secondary N) is 1. The average molecular weight is 419 g/mol. The Balaban J connectivity index is 1.90. The highest BCUT2D eigenvalue weighted by Gasteiger charge is 2.14. The van der Waals surface area contributed by atoms with E-state index in [2.05, 4.69) is 35.3 Å². The third kappa shape index (κ3) is 4.35. The second kappa shape index (κ2) is 9.15. The molecule has 0 spiro atoms. The molecule has 5 nitrogen and oxygen atoms in total. The summed E-state index contributed by atoms with van der Waals surface area (Å²) in [5, 5.41) is 26.2. The highest BCUT2D eigenvalue weighted by atomic mass is 16.4. The molecule has 5 heteroatoms. The highest BCUT2D eigenvalue weighted by molar-refractivity contribution is 6.00. The molecule has 4 aromatic rings. The quantitative estimate of drug-likeness (QED) is 0.301. The van der Waals surface area contributed by atoms with Gasteiger partial charge in [0.1, 0.15) is 0 Å². The molecule has 156 valence electrons. The van der Waals surface area contributed by atoms with Crippen molar-refractivity contribution in [2.75, 3.05) is 0 Å². The Morgan fingerprint density at radius 2 is 1.72 bits per heavy atom. The molecule has 2 N–H and O–H groups in total. The van der Waals surface area contributed by atoms with Gasteiger partial charge in [-0.1, -0.05) is 49.4 Å². The maximum atomic E-state index is 10.8. The minimum atomic E-state index is -0.975. The van der Waals surface area contributed by atoms with E-state index in [1.807, 2.05) is 60.8 Å². The number of aromatic nitrogens is 2. The molecule has 1 aromatic heterocycles. The molecule has 32 heavy (non-hydrogen) atoms. The lowest BCUT2D eigenvalue weighted by Crippen LogP contribution is -1.96. The van der Waals surface area contributed by atoms with Crippen molar-refractivity contribution in [3.8, 4) is 6.07 Å². The number of hydrogen-bond acceptors (Lipinski definition) is 3. The van der Waals surface area contributed by atoms with Crippen LogP contribution in [-0.4, -0.2) is 21.3 Å². The lowest BCUT2D eigenvalue weighted by atomic mass is 9.87. The largest absolute Gasteiger partial charge is 0.478 e. The molecule has 0 saturated carbocycles. The number of aliphatic carboxylic acids is 1. The van der Waals surface area contributed by atoms with E-state index in [0.29, 0.717) is 5.56 Å². The third-order valence-corrected chi connectivity index (χ3v) is 5.36. The first-order chi connectivity index (χ1) is 15.6. The summed E-state index contributed by atoms with van der Waals surface area (Å²) in [6, 6.07) is 23.9. The van der Waals surface area contributed by atoms with Crippen molar-refractivity contribution >= 4 is 34.1 Å². The first-order valence-electron chi connectivity index (χ1n) is 10.3. The zero-order chi connectivity index (χ0) is 22.5. The highest BCUT2D eigenvalue weighted by Crippen LogP contribution is 2.35. The average Bonchev–Trinajstić information content (AvgIpc) is 3.29. The number of carboxylic acids is 1. The number of nitrogens with zero attached hydrogens (tertiary/aromatic N) is 2. The number of allylic oxidation sites excluding steroid dienone is 1. The molecule has 3 aromatic carbocycles. The number of nitriles is 1. The van der Waals surface area contributed by atoms with E-state index in [4.69, 9.17) is 10.4 Å². The Bertz CT molecular complexity index is 1370. The van der Waals surface area contributed by atoms with Crippen molar-refractivity contribution < 1.29 is 9.90 Å². The fourth-order valence-electron chi connectivity index (χ4n) is 3.81. The monoisotopic (exact) mass is 419 g/mol. The van der Waals surface area contributed by atoms with Gasteiger partial charge in [-0.15, -0.1) is 0 Å². The predicted octanol–water partition coefficient (Wildman–Crippen LogP) is 5.90. The molecule has 0 atom stereocenters. The summed E-state index contributed by atoms with van der Waals surface area (Å²) in [6.07, 6.45) is 5.32. The number of hydrogen-bond donors (Lipinski definition) is 2. The number of carboxylic acid groups (broad SMARTS) is 1. The summed E-state index contributed by atoms with van der Waals surface area (Å²) in [5.41, 5.74) is 7.82. The summed E-state index contributed by atoms with van der Waals surface area (Å²) in [4.78, 5) is 10.8. The zero-order valence-electron chi connectivity index (χ0n) is 17.5. The zero-order valence-corrected chi connectivity index (χ0v) is 17.5. The van der Waals surface area contributed by atoms with Crippen molar-refractivity contribution in [1.82, 2.24) is 10.2 Å². The van der Waals surface area contributed by atoms with Gasteiger partial charge in [0.25, 0.3) is 0 Å². The van der Waals surface area contributed by atoms with Gasteiger partial charge in [-0.2, -0.15) is 10.4 Å². The van der Waals surface area contributed by atoms with Gasteiger partial charge in [-0.3, -0.25) is 5.10 Å². The molecule has 4 rings (SSSR count). The van der Waals surface area contributed by atoms with Crippen LogP contribution in [0.3, 0.4) is 0 Å². The Hall–Kier alpha value is -4.43. The summed E-state index contributed by atoms with van der Waals surface area (Å²) >= 11 is 0. The van der Waals surface area contributed by atoms with Crippen LogP contribution in [0.1, 0.15) is 41.2 Å². The van der Waals surface area contributed by atoms with Crippen molar-refractivity contribution in [3.05, 3.63) is 107 Å². The number of rotatable bonds is 6. The number of benzene rings is 3. The van der Waals surface area contributed by atoms with Crippen LogP contribution in [0.5, 0.6) is 0 Å². The normalized spacial score (nSPS) is 12.0. The lowest BCUT2D eigenvalue weighted by molar-refractivity contribution is -0.131. The Morgan fingerprint density at radius 3 is 2.38 bits per heavy atom. The SMILES string of the molecule is CC/C(=C(\c1ccc(/C=C/C(=O)O)cc1)c1ccc2[nH]ncc2c1)c1ccc(C#N)cc1. The Morgan fingerprint density at radius 1 is 1.03 bits per heavy atom. The standard InChI is InChI=1S/C27H21N3O2/c1-2-24(20-8-5-19(16-28)6-9-20)27(22-12-13-25-23(15-22)17-29-30-25)21-10-3-18(4-11-21)7-14-26(31)32/h3-15,17H,2H2,1H3,(H,29,30)(H,31,32)/b14-7+,27-24-. The molecule has 0 aliphatic carbocycles. The van der Waals surface area contributed by atoms with Crippen LogP contribution in [0.4, 0.5) is 0 Å². The van der Waals surface area contributed by atoms with Crippen molar-refractivity contribution in [3.63, 3.8) is 0 Å². The summed E-state index contributed by atoms with van der Waals surface area (Å²) in [6.45, 7) is 2.12. The molecule has 0 aliphatic heterocycles. The molecule has 0 unspecified atom stereocenters. The van der Waals surface area contributed by atoms with Gasteiger partial charge in [-0.05, 0) is 70.2 Å². The van der Waals surface area contributed by atoms with Crippen LogP contribution in [0, 0.1) is 11.3 Å². The number of carbonyl (C=O) groups is 1. The van der Waals surface area contributed by atoms with Crippen molar-refractivity contribution in [2.45, 2.75) is 13.3 Å². The van der Waals surface area contributed by atoms with E-state index in [0.717, 1.165) is 56.8 Å². The summed E-state index contributed by atoms with van der Waals surface area (Å²) in [5.74, 6) is -0.975. The molecule has 0 saturated heterocycles. The Labute approximate surface area is 186 Å². The van der Waals surface area contributed by atoms with Crippen LogP contribution < -0.4 is 0 Å². The molecule has 0 aliphatic rings. The first kappa shape index (κ1) is 20.8. The number of H-pyrrole nitrogens is 1. The van der Waals surface area contributed by atoms with E-state index >= 15 is 0 Å². The maximum absolute atomic E-state index is 10.8. The van der Waals surface area contributed by atoms with E-state index in [9.17, 15) is 4.79 Å². The topological polar surface area (TPSA) is 89.8 Å². The molecular formula is C27H21N3O2.